The van der Waals surface area contributed by atoms with Crippen LogP contribution in [-0.4, -0.2) is 27.2 Å². The van der Waals surface area contributed by atoms with Crippen LogP contribution in [0.15, 0.2) is 14.1 Å². The van der Waals surface area contributed by atoms with Crippen LogP contribution in [0, 0.1) is 25.7 Å². The maximum Gasteiger partial charge on any atom is 0.330 e. The number of carbonyl (C=O) groups is 1. The Balaban J connectivity index is 2.69. The SMILES string of the molecule is Cc1noc(C)c1C(=O)N(CC(C)C)c1c(N)n(CC(C)C)c(=O)[nH]c1=O. The fraction of sp³-hybridized carbons (Fsp3) is 0.556. The van der Waals surface area contributed by atoms with Crippen molar-refractivity contribution in [1.29, 1.82) is 0 Å². The maximum atomic E-state index is 13.2. The number of aryl methyl sites for hydroxylation is 2. The molecule has 2 rings (SSSR count). The van der Waals surface area contributed by atoms with Crippen molar-refractivity contribution in [3.8, 4) is 0 Å². The van der Waals surface area contributed by atoms with Crippen molar-refractivity contribution in [3.05, 3.63) is 37.9 Å². The molecule has 0 unspecified atom stereocenters. The second-order valence-electron chi connectivity index (χ2n) is 7.51. The van der Waals surface area contributed by atoms with E-state index in [-0.39, 0.29) is 35.4 Å². The van der Waals surface area contributed by atoms with Crippen LogP contribution in [0.1, 0.15) is 49.5 Å². The average Bonchev–Trinajstić information content (AvgIpc) is 2.88. The van der Waals surface area contributed by atoms with Gasteiger partial charge in [-0.2, -0.15) is 0 Å². The number of nitrogens with one attached hydrogen (secondary N) is 1. The predicted octanol–water partition coefficient (Wildman–Crippen LogP) is 1.68. The number of rotatable bonds is 6. The van der Waals surface area contributed by atoms with Crippen molar-refractivity contribution in [3.63, 3.8) is 0 Å². The zero-order chi connectivity index (χ0) is 20.5. The summed E-state index contributed by atoms with van der Waals surface area (Å²) in [5.74, 6) is 0.0705. The Bertz CT molecular complexity index is 932. The van der Waals surface area contributed by atoms with Crippen molar-refractivity contribution >= 4 is 17.4 Å². The molecular weight excluding hydrogens is 350 g/mol. The van der Waals surface area contributed by atoms with Gasteiger partial charge in [0.25, 0.3) is 11.5 Å². The quantitative estimate of drug-likeness (QED) is 0.788. The van der Waals surface area contributed by atoms with E-state index in [4.69, 9.17) is 10.3 Å². The van der Waals surface area contributed by atoms with Crippen molar-refractivity contribution in [1.82, 2.24) is 14.7 Å². The molecule has 0 aliphatic rings. The highest BCUT2D eigenvalue weighted by molar-refractivity contribution is 6.08. The van der Waals surface area contributed by atoms with Gasteiger partial charge in [0.15, 0.2) is 5.69 Å². The number of hydrogen-bond donors (Lipinski definition) is 2. The van der Waals surface area contributed by atoms with E-state index in [0.29, 0.717) is 18.0 Å². The van der Waals surface area contributed by atoms with Gasteiger partial charge in [-0.15, -0.1) is 0 Å². The third kappa shape index (κ3) is 4.12. The van der Waals surface area contributed by atoms with Crippen LogP contribution in [0.4, 0.5) is 11.5 Å². The summed E-state index contributed by atoms with van der Waals surface area (Å²) >= 11 is 0. The van der Waals surface area contributed by atoms with Crippen molar-refractivity contribution in [2.75, 3.05) is 17.2 Å². The Morgan fingerprint density at radius 2 is 1.85 bits per heavy atom. The summed E-state index contributed by atoms with van der Waals surface area (Å²) in [5, 5.41) is 3.81. The van der Waals surface area contributed by atoms with E-state index in [1.165, 1.54) is 9.47 Å². The third-order valence-corrected chi connectivity index (χ3v) is 4.07. The number of aromatic amines is 1. The summed E-state index contributed by atoms with van der Waals surface area (Å²) in [7, 11) is 0. The summed E-state index contributed by atoms with van der Waals surface area (Å²) < 4.78 is 6.38. The van der Waals surface area contributed by atoms with E-state index < -0.39 is 17.2 Å². The average molecular weight is 377 g/mol. The monoisotopic (exact) mass is 377 g/mol. The molecule has 9 nitrogen and oxygen atoms in total. The molecule has 0 bridgehead atoms. The number of nitrogens with two attached hydrogens (primary N) is 1. The highest BCUT2D eigenvalue weighted by Crippen LogP contribution is 2.24. The smallest absolute Gasteiger partial charge is 0.330 e. The lowest BCUT2D eigenvalue weighted by molar-refractivity contribution is 0.0981. The first-order chi connectivity index (χ1) is 12.5. The molecule has 0 radical (unpaired) electrons. The lowest BCUT2D eigenvalue weighted by Gasteiger charge is -2.26. The second-order valence-corrected chi connectivity index (χ2v) is 7.51. The van der Waals surface area contributed by atoms with E-state index in [2.05, 4.69) is 10.1 Å². The molecule has 27 heavy (non-hydrogen) atoms. The van der Waals surface area contributed by atoms with E-state index in [1.807, 2.05) is 27.7 Å². The number of hydrogen-bond acceptors (Lipinski definition) is 6. The minimum absolute atomic E-state index is 0.0294. The molecule has 1 amide bonds. The highest BCUT2D eigenvalue weighted by atomic mass is 16.5. The van der Waals surface area contributed by atoms with Crippen LogP contribution in [0.5, 0.6) is 0 Å². The predicted molar refractivity (Wildman–Crippen MR) is 103 cm³/mol. The summed E-state index contributed by atoms with van der Waals surface area (Å²) in [6.45, 7) is 11.6. The van der Waals surface area contributed by atoms with Gasteiger partial charge in [-0.1, -0.05) is 32.9 Å². The summed E-state index contributed by atoms with van der Waals surface area (Å²) in [6.07, 6.45) is 0. The first-order valence-corrected chi connectivity index (χ1v) is 8.91. The number of anilines is 2. The highest BCUT2D eigenvalue weighted by Gasteiger charge is 2.29. The summed E-state index contributed by atoms with van der Waals surface area (Å²) in [6, 6.07) is 0. The van der Waals surface area contributed by atoms with Crippen LogP contribution in [0.2, 0.25) is 0 Å². The number of aromatic nitrogens is 3. The molecule has 0 aromatic carbocycles. The van der Waals surface area contributed by atoms with Crippen molar-refractivity contribution < 1.29 is 9.32 Å². The lowest BCUT2D eigenvalue weighted by atomic mass is 10.1. The molecule has 148 valence electrons. The Morgan fingerprint density at radius 1 is 1.22 bits per heavy atom. The topological polar surface area (TPSA) is 127 Å². The fourth-order valence-corrected chi connectivity index (χ4v) is 2.95. The molecule has 2 heterocycles. The van der Waals surface area contributed by atoms with E-state index in [1.54, 1.807) is 13.8 Å². The van der Waals surface area contributed by atoms with Gasteiger partial charge in [0.1, 0.15) is 17.1 Å². The Labute approximate surface area is 157 Å². The van der Waals surface area contributed by atoms with Crippen LogP contribution < -0.4 is 21.9 Å². The van der Waals surface area contributed by atoms with E-state index >= 15 is 0 Å². The molecule has 2 aromatic heterocycles. The summed E-state index contributed by atoms with van der Waals surface area (Å²) in [4.78, 5) is 41.6. The van der Waals surface area contributed by atoms with Gasteiger partial charge < -0.3 is 15.2 Å². The second kappa shape index (κ2) is 7.81. The van der Waals surface area contributed by atoms with Gasteiger partial charge in [-0.25, -0.2) is 4.79 Å². The maximum absolute atomic E-state index is 13.2. The van der Waals surface area contributed by atoms with E-state index in [9.17, 15) is 14.4 Å². The van der Waals surface area contributed by atoms with Gasteiger partial charge >= 0.3 is 5.69 Å². The van der Waals surface area contributed by atoms with Crippen LogP contribution in [0.25, 0.3) is 0 Å². The minimum atomic E-state index is -0.696. The molecule has 0 saturated carbocycles. The number of nitrogen functional groups attached to an aromatic ring is 1. The molecule has 0 fully saturated rings. The number of carbonyl (C=O) groups excluding carboxylic acids is 1. The van der Waals surface area contributed by atoms with E-state index in [0.717, 1.165) is 0 Å². The zero-order valence-corrected chi connectivity index (χ0v) is 16.6. The molecule has 0 aliphatic heterocycles. The number of H-pyrrole nitrogens is 1. The molecule has 3 N–H and O–H groups in total. The van der Waals surface area contributed by atoms with Crippen LogP contribution >= 0.6 is 0 Å². The summed E-state index contributed by atoms with van der Waals surface area (Å²) in [5.41, 5.74) is 5.58. The molecule has 0 spiro atoms. The number of amides is 1. The van der Waals surface area contributed by atoms with Gasteiger partial charge in [-0.3, -0.25) is 19.1 Å². The normalized spacial score (nSPS) is 11.4. The fourth-order valence-electron chi connectivity index (χ4n) is 2.95. The van der Waals surface area contributed by atoms with Gasteiger partial charge in [0.05, 0.1) is 5.69 Å². The molecule has 0 aliphatic carbocycles. The Morgan fingerprint density at radius 3 is 2.33 bits per heavy atom. The third-order valence-electron chi connectivity index (χ3n) is 4.07. The van der Waals surface area contributed by atoms with Crippen LogP contribution in [0.3, 0.4) is 0 Å². The lowest BCUT2D eigenvalue weighted by Crippen LogP contribution is -2.43. The zero-order valence-electron chi connectivity index (χ0n) is 16.6. The van der Waals surface area contributed by atoms with Gasteiger partial charge in [-0.05, 0) is 25.7 Å². The Kier molecular flexibility index (Phi) is 5.92. The number of nitrogens with zero attached hydrogens (tertiary/aromatic N) is 3. The molecule has 0 atom stereocenters. The molecule has 2 aromatic rings. The van der Waals surface area contributed by atoms with Crippen molar-refractivity contribution in [2.24, 2.45) is 11.8 Å². The molecule has 0 saturated heterocycles. The first-order valence-electron chi connectivity index (χ1n) is 8.91. The van der Waals surface area contributed by atoms with Crippen molar-refractivity contribution in [2.45, 2.75) is 48.1 Å². The van der Waals surface area contributed by atoms with Gasteiger partial charge in [0, 0.05) is 13.1 Å². The molecule has 9 heteroatoms. The Hall–Kier alpha value is -2.84. The van der Waals surface area contributed by atoms with Crippen LogP contribution in [-0.2, 0) is 6.54 Å². The minimum Gasteiger partial charge on any atom is -0.383 e. The largest absolute Gasteiger partial charge is 0.383 e. The first kappa shape index (κ1) is 20.5. The van der Waals surface area contributed by atoms with Gasteiger partial charge in [0.2, 0.25) is 0 Å². The standard InChI is InChI=1S/C18H27N5O4/c1-9(2)7-22(17(25)13-11(5)21-27-12(13)6)14-15(19)23(8-10(3)4)18(26)20-16(14)24/h9-10H,7-8,19H2,1-6H3,(H,20,24,26). The molecular formula is C18H27N5O4.